The van der Waals surface area contributed by atoms with Gasteiger partial charge in [0, 0.05) is 12.6 Å². The predicted octanol–water partition coefficient (Wildman–Crippen LogP) is -0.376. The van der Waals surface area contributed by atoms with Crippen molar-refractivity contribution in [2.75, 3.05) is 24.7 Å². The first kappa shape index (κ1) is 14.5. The first-order valence-corrected chi connectivity index (χ1v) is 8.14. The number of carbonyl (C=O) groups excluding carboxylic acids is 1. The lowest BCUT2D eigenvalue weighted by Gasteiger charge is -2.18. The SMILES string of the molecule is CC1(C)OCC(CNC(=O)NC2CCS(=O)(=O)C2)O1. The van der Waals surface area contributed by atoms with E-state index in [2.05, 4.69) is 10.6 Å². The fourth-order valence-electron chi connectivity index (χ4n) is 2.22. The van der Waals surface area contributed by atoms with Gasteiger partial charge < -0.3 is 20.1 Å². The second kappa shape index (κ2) is 5.26. The van der Waals surface area contributed by atoms with Gasteiger partial charge in [-0.15, -0.1) is 0 Å². The quantitative estimate of drug-likeness (QED) is 0.740. The molecule has 2 fully saturated rings. The highest BCUT2D eigenvalue weighted by atomic mass is 32.2. The third-order valence-corrected chi connectivity index (χ3v) is 4.89. The highest BCUT2D eigenvalue weighted by Gasteiger charge is 2.33. The molecule has 2 aliphatic heterocycles. The van der Waals surface area contributed by atoms with E-state index in [4.69, 9.17) is 9.47 Å². The smallest absolute Gasteiger partial charge is 0.315 e. The highest BCUT2D eigenvalue weighted by Crippen LogP contribution is 2.21. The van der Waals surface area contributed by atoms with Crippen molar-refractivity contribution in [3.8, 4) is 0 Å². The number of sulfone groups is 1. The molecule has 2 N–H and O–H groups in total. The number of nitrogens with one attached hydrogen (secondary N) is 2. The summed E-state index contributed by atoms with van der Waals surface area (Å²) in [4.78, 5) is 11.6. The van der Waals surface area contributed by atoms with Gasteiger partial charge in [-0.1, -0.05) is 0 Å². The molecule has 2 saturated heterocycles. The molecule has 2 rings (SSSR count). The Hall–Kier alpha value is -0.860. The molecule has 19 heavy (non-hydrogen) atoms. The minimum Gasteiger partial charge on any atom is -0.348 e. The zero-order valence-electron chi connectivity index (χ0n) is 11.1. The van der Waals surface area contributed by atoms with Crippen molar-refractivity contribution in [2.24, 2.45) is 0 Å². The van der Waals surface area contributed by atoms with Crippen molar-refractivity contribution in [1.82, 2.24) is 10.6 Å². The summed E-state index contributed by atoms with van der Waals surface area (Å²) in [6.45, 7) is 4.41. The first-order valence-electron chi connectivity index (χ1n) is 6.32. The fourth-order valence-corrected chi connectivity index (χ4v) is 3.89. The summed E-state index contributed by atoms with van der Waals surface area (Å²) in [5, 5.41) is 5.32. The van der Waals surface area contributed by atoms with Crippen LogP contribution in [-0.4, -0.2) is 57.0 Å². The van der Waals surface area contributed by atoms with Crippen LogP contribution in [0.15, 0.2) is 0 Å². The number of rotatable bonds is 3. The number of ether oxygens (including phenoxy) is 2. The molecular formula is C11H20N2O5S. The molecule has 0 saturated carbocycles. The van der Waals surface area contributed by atoms with Crippen molar-refractivity contribution in [1.29, 1.82) is 0 Å². The Bertz CT molecular complexity index is 448. The topological polar surface area (TPSA) is 93.7 Å². The third kappa shape index (κ3) is 4.32. The minimum absolute atomic E-state index is 0.0243. The summed E-state index contributed by atoms with van der Waals surface area (Å²) in [6.07, 6.45) is 0.305. The van der Waals surface area contributed by atoms with Gasteiger partial charge in [-0.25, -0.2) is 13.2 Å². The van der Waals surface area contributed by atoms with Gasteiger partial charge in [0.25, 0.3) is 0 Å². The summed E-state index contributed by atoms with van der Waals surface area (Å²) in [6, 6.07) is -0.655. The van der Waals surface area contributed by atoms with E-state index in [0.717, 1.165) is 0 Å². The summed E-state index contributed by atoms with van der Waals surface area (Å²) in [5.74, 6) is -0.440. The molecule has 2 heterocycles. The van der Waals surface area contributed by atoms with Crippen molar-refractivity contribution in [3.63, 3.8) is 0 Å². The van der Waals surface area contributed by atoms with Crippen LogP contribution in [0.3, 0.4) is 0 Å². The van der Waals surface area contributed by atoms with Crippen molar-refractivity contribution < 1.29 is 22.7 Å². The zero-order chi connectivity index (χ0) is 14.1. The van der Waals surface area contributed by atoms with Crippen LogP contribution in [0.2, 0.25) is 0 Å². The highest BCUT2D eigenvalue weighted by molar-refractivity contribution is 7.91. The molecule has 2 atom stereocenters. The second-order valence-corrected chi connectivity index (χ2v) is 7.63. The number of urea groups is 1. The molecule has 0 aromatic rings. The van der Waals surface area contributed by atoms with E-state index in [0.29, 0.717) is 19.6 Å². The maximum atomic E-state index is 11.6. The third-order valence-electron chi connectivity index (χ3n) is 3.13. The van der Waals surface area contributed by atoms with Gasteiger partial charge in [0.05, 0.1) is 18.1 Å². The molecule has 0 aromatic heterocycles. The summed E-state index contributed by atoms with van der Waals surface area (Å²) in [7, 11) is -2.97. The molecular weight excluding hydrogens is 272 g/mol. The maximum absolute atomic E-state index is 11.6. The van der Waals surface area contributed by atoms with Gasteiger partial charge in [-0.2, -0.15) is 0 Å². The van der Waals surface area contributed by atoms with Crippen LogP contribution in [-0.2, 0) is 19.3 Å². The van der Waals surface area contributed by atoms with Crippen LogP contribution < -0.4 is 10.6 Å². The van der Waals surface area contributed by atoms with Gasteiger partial charge >= 0.3 is 6.03 Å². The lowest BCUT2D eigenvalue weighted by molar-refractivity contribution is -0.137. The van der Waals surface area contributed by atoms with Gasteiger partial charge in [-0.05, 0) is 20.3 Å². The molecule has 0 radical (unpaired) electrons. The van der Waals surface area contributed by atoms with Crippen LogP contribution in [0.25, 0.3) is 0 Å². The van der Waals surface area contributed by atoms with Gasteiger partial charge in [0.2, 0.25) is 0 Å². The lowest BCUT2D eigenvalue weighted by Crippen LogP contribution is -2.45. The summed E-state index contributed by atoms with van der Waals surface area (Å²) in [5.41, 5.74) is 0. The Morgan fingerprint density at radius 1 is 1.42 bits per heavy atom. The molecule has 110 valence electrons. The van der Waals surface area contributed by atoms with Crippen LogP contribution >= 0.6 is 0 Å². The molecule has 2 unspecified atom stereocenters. The average Bonchev–Trinajstić information content (AvgIpc) is 2.78. The van der Waals surface area contributed by atoms with E-state index < -0.39 is 15.6 Å². The summed E-state index contributed by atoms with van der Waals surface area (Å²) >= 11 is 0. The Morgan fingerprint density at radius 3 is 2.68 bits per heavy atom. The van der Waals surface area contributed by atoms with Crippen molar-refractivity contribution >= 4 is 15.9 Å². The summed E-state index contributed by atoms with van der Waals surface area (Å²) < 4.78 is 33.4. The van der Waals surface area contributed by atoms with Crippen LogP contribution in [0, 0.1) is 0 Å². The number of hydrogen-bond acceptors (Lipinski definition) is 5. The number of amides is 2. The molecule has 7 nitrogen and oxygen atoms in total. The predicted molar refractivity (Wildman–Crippen MR) is 68.5 cm³/mol. The lowest BCUT2D eigenvalue weighted by atomic mass is 10.3. The largest absolute Gasteiger partial charge is 0.348 e. The van der Waals surface area contributed by atoms with E-state index >= 15 is 0 Å². The molecule has 0 spiro atoms. The molecule has 0 aromatic carbocycles. The Labute approximate surface area is 112 Å². The standard InChI is InChI=1S/C11H20N2O5S/c1-11(2)17-6-9(18-11)5-12-10(14)13-8-3-4-19(15,16)7-8/h8-9H,3-7H2,1-2H3,(H2,12,13,14). The molecule has 8 heteroatoms. The number of hydrogen-bond donors (Lipinski definition) is 2. The van der Waals surface area contributed by atoms with Crippen molar-refractivity contribution in [3.05, 3.63) is 0 Å². The van der Waals surface area contributed by atoms with Crippen LogP contribution in [0.1, 0.15) is 20.3 Å². The van der Waals surface area contributed by atoms with E-state index in [-0.39, 0.29) is 29.7 Å². The van der Waals surface area contributed by atoms with E-state index in [9.17, 15) is 13.2 Å². The monoisotopic (exact) mass is 292 g/mol. The first-order chi connectivity index (χ1) is 8.76. The average molecular weight is 292 g/mol. The Morgan fingerprint density at radius 2 is 2.16 bits per heavy atom. The molecule has 2 aliphatic rings. The van der Waals surface area contributed by atoms with Crippen molar-refractivity contribution in [2.45, 2.75) is 38.2 Å². The molecule has 2 amide bonds. The number of carbonyl (C=O) groups is 1. The Kier molecular flexibility index (Phi) is 4.03. The molecule has 0 bridgehead atoms. The normalized spacial score (nSPS) is 32.1. The van der Waals surface area contributed by atoms with E-state index in [1.54, 1.807) is 0 Å². The zero-order valence-corrected chi connectivity index (χ0v) is 12.0. The van der Waals surface area contributed by atoms with Crippen LogP contribution in [0.4, 0.5) is 4.79 Å². The van der Waals surface area contributed by atoms with E-state index in [1.165, 1.54) is 0 Å². The van der Waals surface area contributed by atoms with Gasteiger partial charge in [0.1, 0.15) is 6.10 Å². The van der Waals surface area contributed by atoms with Crippen LogP contribution in [0.5, 0.6) is 0 Å². The Balaban J connectivity index is 1.68. The molecule has 0 aliphatic carbocycles. The maximum Gasteiger partial charge on any atom is 0.315 e. The van der Waals surface area contributed by atoms with Gasteiger partial charge in [0.15, 0.2) is 15.6 Å². The van der Waals surface area contributed by atoms with E-state index in [1.807, 2.05) is 13.8 Å². The second-order valence-electron chi connectivity index (χ2n) is 5.41. The minimum atomic E-state index is -2.97. The fraction of sp³-hybridized carbons (Fsp3) is 0.909. The van der Waals surface area contributed by atoms with Gasteiger partial charge in [-0.3, -0.25) is 0 Å².